The second-order valence-corrected chi connectivity index (χ2v) is 5.83. The van der Waals surface area contributed by atoms with Gasteiger partial charge < -0.3 is 10.2 Å². The highest BCUT2D eigenvalue weighted by Crippen LogP contribution is 2.16. The molecule has 0 saturated carbocycles. The van der Waals surface area contributed by atoms with E-state index >= 15 is 0 Å². The number of rotatable bonds is 6. The van der Waals surface area contributed by atoms with Gasteiger partial charge in [0.2, 0.25) is 11.8 Å². The molecule has 1 rings (SSSR count). The van der Waals surface area contributed by atoms with Gasteiger partial charge in [0.05, 0.1) is 18.7 Å². The van der Waals surface area contributed by atoms with E-state index in [-0.39, 0.29) is 24.8 Å². The summed E-state index contributed by atoms with van der Waals surface area (Å²) in [4.78, 5) is 25.0. The van der Waals surface area contributed by atoms with Gasteiger partial charge in [-0.15, -0.1) is 0 Å². The molecule has 0 aliphatic heterocycles. The molecule has 0 bridgehead atoms. The van der Waals surface area contributed by atoms with Crippen molar-refractivity contribution in [1.82, 2.24) is 20.0 Å². The van der Waals surface area contributed by atoms with E-state index in [9.17, 15) is 9.59 Å². The van der Waals surface area contributed by atoms with Crippen LogP contribution in [0.4, 0.5) is 0 Å². The van der Waals surface area contributed by atoms with E-state index < -0.39 is 0 Å². The number of carbonyl (C=O) groups excluding carboxylic acids is 2. The lowest BCUT2D eigenvalue weighted by molar-refractivity contribution is -0.134. The molecule has 0 aliphatic rings. The molecule has 0 spiro atoms. The minimum atomic E-state index is -0.171. The number of nitrogens with zero attached hydrogens (tertiary/aromatic N) is 3. The molecule has 1 N–H and O–H groups in total. The van der Waals surface area contributed by atoms with Crippen LogP contribution in [-0.4, -0.2) is 47.1 Å². The summed E-state index contributed by atoms with van der Waals surface area (Å²) in [7, 11) is 3.20. The van der Waals surface area contributed by atoms with Crippen molar-refractivity contribution in [2.24, 2.45) is 5.92 Å². The molecule has 0 unspecified atom stereocenters. The molecule has 0 radical (unpaired) electrons. The molecule has 1 heterocycles. The smallest absolute Gasteiger partial charge is 0.239 e. The van der Waals surface area contributed by atoms with Crippen LogP contribution < -0.4 is 5.32 Å². The molecule has 0 atom stereocenters. The van der Waals surface area contributed by atoms with E-state index in [4.69, 9.17) is 0 Å². The second kappa shape index (κ2) is 7.24. The molecule has 118 valence electrons. The second-order valence-electron chi connectivity index (χ2n) is 5.83. The number of aromatic nitrogens is 2. The topological polar surface area (TPSA) is 67.2 Å². The van der Waals surface area contributed by atoms with Crippen molar-refractivity contribution in [3.63, 3.8) is 0 Å². The zero-order chi connectivity index (χ0) is 16.2. The average Bonchev–Trinajstić information content (AvgIpc) is 2.65. The van der Waals surface area contributed by atoms with Crippen molar-refractivity contribution in [2.45, 2.75) is 40.7 Å². The van der Waals surface area contributed by atoms with Crippen LogP contribution in [0.2, 0.25) is 0 Å². The summed E-state index contributed by atoms with van der Waals surface area (Å²) in [6.07, 6.45) is 0.281. The van der Waals surface area contributed by atoms with Crippen LogP contribution in [-0.2, 0) is 22.6 Å². The van der Waals surface area contributed by atoms with Crippen molar-refractivity contribution in [2.75, 3.05) is 20.6 Å². The van der Waals surface area contributed by atoms with Gasteiger partial charge >= 0.3 is 0 Å². The molecular weight excluding hydrogens is 268 g/mol. The maximum absolute atomic E-state index is 12.2. The van der Waals surface area contributed by atoms with Crippen LogP contribution >= 0.6 is 0 Å². The standard InChI is InChI=1S/C15H26N4O2/c1-10(2)8-19-12(4)13(11(3)17-19)7-15(21)18(6)9-14(20)16-5/h10H,7-9H2,1-6H3,(H,16,20). The normalized spacial score (nSPS) is 10.8. The molecule has 21 heavy (non-hydrogen) atoms. The first-order valence-electron chi connectivity index (χ1n) is 7.23. The fourth-order valence-electron chi connectivity index (χ4n) is 2.18. The van der Waals surface area contributed by atoms with Crippen LogP contribution in [0.5, 0.6) is 0 Å². The summed E-state index contributed by atoms with van der Waals surface area (Å²) in [6, 6.07) is 0. The van der Waals surface area contributed by atoms with Crippen molar-refractivity contribution in [3.05, 3.63) is 17.0 Å². The number of amides is 2. The predicted octanol–water partition coefficient (Wildman–Crippen LogP) is 0.903. The monoisotopic (exact) mass is 294 g/mol. The first kappa shape index (κ1) is 17.2. The fraction of sp³-hybridized carbons (Fsp3) is 0.667. The summed E-state index contributed by atoms with van der Waals surface area (Å²) in [5.74, 6) is 0.256. The molecule has 1 aromatic heterocycles. The Labute approximate surface area is 126 Å². The lowest BCUT2D eigenvalue weighted by atomic mass is 10.1. The summed E-state index contributed by atoms with van der Waals surface area (Å²) in [5.41, 5.74) is 2.88. The van der Waals surface area contributed by atoms with Crippen molar-refractivity contribution in [3.8, 4) is 0 Å². The fourth-order valence-corrected chi connectivity index (χ4v) is 2.18. The minimum absolute atomic E-state index is 0.0751. The first-order chi connectivity index (χ1) is 9.76. The van der Waals surface area contributed by atoms with Gasteiger partial charge in [0.15, 0.2) is 0 Å². The Morgan fingerprint density at radius 1 is 1.33 bits per heavy atom. The van der Waals surface area contributed by atoms with E-state index in [1.54, 1.807) is 14.1 Å². The molecule has 0 aliphatic carbocycles. The lowest BCUT2D eigenvalue weighted by Crippen LogP contribution is -2.37. The Bertz CT molecular complexity index is 520. The van der Waals surface area contributed by atoms with Gasteiger partial charge in [0.1, 0.15) is 0 Å². The number of hydrogen-bond donors (Lipinski definition) is 1. The number of aryl methyl sites for hydroxylation is 1. The first-order valence-corrected chi connectivity index (χ1v) is 7.23. The van der Waals surface area contributed by atoms with Gasteiger partial charge in [-0.05, 0) is 19.8 Å². The quantitative estimate of drug-likeness (QED) is 0.848. The van der Waals surface area contributed by atoms with E-state index in [1.807, 2.05) is 18.5 Å². The van der Waals surface area contributed by atoms with Gasteiger partial charge in [0, 0.05) is 31.9 Å². The third-order valence-electron chi connectivity index (χ3n) is 3.48. The Kier molecular flexibility index (Phi) is 5.93. The highest BCUT2D eigenvalue weighted by Gasteiger charge is 2.18. The largest absolute Gasteiger partial charge is 0.358 e. The van der Waals surface area contributed by atoms with Crippen LogP contribution in [0.25, 0.3) is 0 Å². The minimum Gasteiger partial charge on any atom is -0.358 e. The molecule has 0 fully saturated rings. The summed E-state index contributed by atoms with van der Waals surface area (Å²) < 4.78 is 1.96. The van der Waals surface area contributed by atoms with Crippen molar-refractivity contribution < 1.29 is 9.59 Å². The Morgan fingerprint density at radius 3 is 2.48 bits per heavy atom. The number of nitrogens with one attached hydrogen (secondary N) is 1. The van der Waals surface area contributed by atoms with Gasteiger partial charge in [0.25, 0.3) is 0 Å². The molecule has 1 aromatic rings. The highest BCUT2D eigenvalue weighted by atomic mass is 16.2. The van der Waals surface area contributed by atoms with Gasteiger partial charge in [-0.25, -0.2) is 0 Å². The summed E-state index contributed by atoms with van der Waals surface area (Å²) in [5, 5.41) is 7.02. The number of hydrogen-bond acceptors (Lipinski definition) is 3. The maximum atomic E-state index is 12.2. The summed E-state index contributed by atoms with van der Waals surface area (Å²) >= 11 is 0. The van der Waals surface area contributed by atoms with Crippen molar-refractivity contribution in [1.29, 1.82) is 0 Å². The molecule has 0 saturated heterocycles. The average molecular weight is 294 g/mol. The number of carbonyl (C=O) groups is 2. The highest BCUT2D eigenvalue weighted by molar-refractivity contribution is 5.85. The zero-order valence-electron chi connectivity index (χ0n) is 13.9. The SMILES string of the molecule is CNC(=O)CN(C)C(=O)Cc1c(C)nn(CC(C)C)c1C. The lowest BCUT2D eigenvalue weighted by Gasteiger charge is -2.16. The predicted molar refractivity (Wildman–Crippen MR) is 81.9 cm³/mol. The van der Waals surface area contributed by atoms with E-state index in [0.29, 0.717) is 5.92 Å². The van der Waals surface area contributed by atoms with Crippen molar-refractivity contribution >= 4 is 11.8 Å². The third-order valence-corrected chi connectivity index (χ3v) is 3.48. The molecule has 0 aromatic carbocycles. The van der Waals surface area contributed by atoms with E-state index in [1.165, 1.54) is 4.90 Å². The summed E-state index contributed by atoms with van der Waals surface area (Å²) in [6.45, 7) is 9.11. The van der Waals surface area contributed by atoms with Gasteiger partial charge in [-0.3, -0.25) is 14.3 Å². The Morgan fingerprint density at radius 2 is 1.95 bits per heavy atom. The Balaban J connectivity index is 2.81. The molecule has 6 heteroatoms. The van der Waals surface area contributed by atoms with Gasteiger partial charge in [-0.1, -0.05) is 13.8 Å². The van der Waals surface area contributed by atoms with Crippen LogP contribution in [0, 0.1) is 19.8 Å². The Hall–Kier alpha value is -1.85. The molecule has 6 nitrogen and oxygen atoms in total. The number of likely N-dealkylation sites (N-methyl/N-ethyl adjacent to an activating group) is 2. The third kappa shape index (κ3) is 4.58. The molecular formula is C15H26N4O2. The van der Waals surface area contributed by atoms with E-state index in [2.05, 4.69) is 24.3 Å². The van der Waals surface area contributed by atoms with Gasteiger partial charge in [-0.2, -0.15) is 5.10 Å². The maximum Gasteiger partial charge on any atom is 0.239 e. The van der Waals surface area contributed by atoms with Crippen LogP contribution in [0.15, 0.2) is 0 Å². The van der Waals surface area contributed by atoms with Crippen LogP contribution in [0.1, 0.15) is 30.8 Å². The van der Waals surface area contributed by atoms with Crippen LogP contribution in [0.3, 0.4) is 0 Å². The molecule has 2 amide bonds. The zero-order valence-corrected chi connectivity index (χ0v) is 13.9. The van der Waals surface area contributed by atoms with E-state index in [0.717, 1.165) is 23.5 Å².